The maximum atomic E-state index is 12.2. The first kappa shape index (κ1) is 13.6. The fourth-order valence-corrected chi connectivity index (χ4v) is 2.37. The summed E-state index contributed by atoms with van der Waals surface area (Å²) >= 11 is 0. The van der Waals surface area contributed by atoms with Gasteiger partial charge in [0.15, 0.2) is 0 Å². The number of allylic oxidation sites excluding steroid dienone is 1. The Morgan fingerprint density at radius 3 is 2.47 bits per heavy atom. The van der Waals surface area contributed by atoms with Crippen molar-refractivity contribution in [1.82, 2.24) is 9.88 Å². The van der Waals surface area contributed by atoms with Crippen LogP contribution >= 0.6 is 0 Å². The van der Waals surface area contributed by atoms with E-state index >= 15 is 0 Å². The van der Waals surface area contributed by atoms with Crippen LogP contribution in [0.15, 0.2) is 36.2 Å². The Morgan fingerprint density at radius 1 is 1.26 bits per heavy atom. The number of hydrogen-bond acceptors (Lipinski definition) is 3. The topological polar surface area (TPSA) is 36.4 Å². The number of rotatable bonds is 3. The summed E-state index contributed by atoms with van der Waals surface area (Å²) in [6, 6.07) is 4.03. The van der Waals surface area contributed by atoms with Gasteiger partial charge in [0, 0.05) is 49.8 Å². The highest BCUT2D eigenvalue weighted by atomic mass is 16.2. The van der Waals surface area contributed by atoms with Crippen LogP contribution in [0, 0.1) is 0 Å². The van der Waals surface area contributed by atoms with E-state index in [1.165, 1.54) is 5.69 Å². The third-order valence-corrected chi connectivity index (χ3v) is 3.44. The first-order valence-electron chi connectivity index (χ1n) is 6.83. The van der Waals surface area contributed by atoms with Crippen molar-refractivity contribution in [3.63, 3.8) is 0 Å². The van der Waals surface area contributed by atoms with Crippen LogP contribution in [0.3, 0.4) is 0 Å². The number of piperazine rings is 1. The molecule has 1 aromatic heterocycles. The second-order valence-corrected chi connectivity index (χ2v) is 4.78. The summed E-state index contributed by atoms with van der Waals surface area (Å²) in [6.07, 6.45) is 6.52. The summed E-state index contributed by atoms with van der Waals surface area (Å²) in [5.74, 6) is 0.177. The van der Waals surface area contributed by atoms with Gasteiger partial charge in [-0.25, -0.2) is 0 Å². The molecule has 1 fully saturated rings. The van der Waals surface area contributed by atoms with Crippen molar-refractivity contribution in [2.75, 3.05) is 31.1 Å². The monoisotopic (exact) mass is 259 g/mol. The first-order valence-corrected chi connectivity index (χ1v) is 6.83. The van der Waals surface area contributed by atoms with Crippen LogP contribution in [-0.2, 0) is 4.79 Å². The summed E-state index contributed by atoms with van der Waals surface area (Å²) in [5, 5.41) is 0. The number of hydrogen-bond donors (Lipinski definition) is 0. The lowest BCUT2D eigenvalue weighted by molar-refractivity contribution is -0.127. The quantitative estimate of drug-likeness (QED) is 0.780. The molecule has 4 nitrogen and oxygen atoms in total. The Hall–Kier alpha value is -1.84. The van der Waals surface area contributed by atoms with E-state index in [0.717, 1.165) is 38.2 Å². The summed E-state index contributed by atoms with van der Waals surface area (Å²) in [7, 11) is 0. The zero-order valence-corrected chi connectivity index (χ0v) is 11.7. The second-order valence-electron chi connectivity index (χ2n) is 4.78. The summed E-state index contributed by atoms with van der Waals surface area (Å²) in [4.78, 5) is 20.4. The van der Waals surface area contributed by atoms with Crippen LogP contribution in [0.4, 0.5) is 5.69 Å². The van der Waals surface area contributed by atoms with Crippen LogP contribution < -0.4 is 4.90 Å². The smallest absolute Gasteiger partial charge is 0.249 e. The molecule has 1 aliphatic rings. The van der Waals surface area contributed by atoms with Gasteiger partial charge in [-0.05, 0) is 25.5 Å². The standard InChI is InChI=1S/C15H21N3O/c1-3-4-13(2)15(19)18-11-9-17(10-12-18)14-5-7-16-8-6-14/h4-8H,3,9-12H2,1-2H3/b13-4+. The number of pyridine rings is 1. The molecule has 19 heavy (non-hydrogen) atoms. The van der Waals surface area contributed by atoms with Gasteiger partial charge in [0.25, 0.3) is 0 Å². The lowest BCUT2D eigenvalue weighted by Crippen LogP contribution is -2.49. The molecule has 0 N–H and O–H groups in total. The minimum atomic E-state index is 0.177. The van der Waals surface area contributed by atoms with E-state index in [4.69, 9.17) is 0 Å². The van der Waals surface area contributed by atoms with Gasteiger partial charge in [-0.3, -0.25) is 9.78 Å². The average molecular weight is 259 g/mol. The fourth-order valence-electron chi connectivity index (χ4n) is 2.37. The molecule has 1 aromatic rings. The molecule has 0 bridgehead atoms. The second kappa shape index (κ2) is 6.36. The Labute approximate surface area is 114 Å². The van der Waals surface area contributed by atoms with Crippen molar-refractivity contribution in [2.45, 2.75) is 20.3 Å². The van der Waals surface area contributed by atoms with Gasteiger partial charge in [0.2, 0.25) is 5.91 Å². The van der Waals surface area contributed by atoms with Gasteiger partial charge in [0.05, 0.1) is 0 Å². The normalized spacial score (nSPS) is 16.6. The van der Waals surface area contributed by atoms with Crippen molar-refractivity contribution < 1.29 is 4.79 Å². The van der Waals surface area contributed by atoms with E-state index in [2.05, 4.69) is 16.8 Å². The molecule has 4 heteroatoms. The third-order valence-electron chi connectivity index (χ3n) is 3.44. The fraction of sp³-hybridized carbons (Fsp3) is 0.467. The molecule has 1 amide bonds. The molecule has 0 aromatic carbocycles. The van der Waals surface area contributed by atoms with E-state index in [1.54, 1.807) is 12.4 Å². The average Bonchev–Trinajstić information content (AvgIpc) is 2.48. The van der Waals surface area contributed by atoms with Gasteiger partial charge in [-0.15, -0.1) is 0 Å². The van der Waals surface area contributed by atoms with Crippen molar-refractivity contribution in [3.05, 3.63) is 36.2 Å². The molecule has 1 aliphatic heterocycles. The van der Waals surface area contributed by atoms with Gasteiger partial charge < -0.3 is 9.80 Å². The van der Waals surface area contributed by atoms with Crippen molar-refractivity contribution in [1.29, 1.82) is 0 Å². The van der Waals surface area contributed by atoms with E-state index in [9.17, 15) is 4.79 Å². The predicted octanol–water partition coefficient (Wildman–Crippen LogP) is 2.09. The maximum absolute atomic E-state index is 12.2. The molecule has 0 aliphatic carbocycles. The Kier molecular flexibility index (Phi) is 4.55. The van der Waals surface area contributed by atoms with Crippen LogP contribution in [0.5, 0.6) is 0 Å². The highest BCUT2D eigenvalue weighted by Crippen LogP contribution is 2.15. The summed E-state index contributed by atoms with van der Waals surface area (Å²) in [5.41, 5.74) is 2.04. The maximum Gasteiger partial charge on any atom is 0.249 e. The van der Waals surface area contributed by atoms with E-state index in [1.807, 2.05) is 30.0 Å². The van der Waals surface area contributed by atoms with Crippen LogP contribution in [0.2, 0.25) is 0 Å². The minimum absolute atomic E-state index is 0.177. The number of carbonyl (C=O) groups excluding carboxylic acids is 1. The molecule has 102 valence electrons. The molecule has 2 heterocycles. The van der Waals surface area contributed by atoms with Gasteiger partial charge >= 0.3 is 0 Å². The van der Waals surface area contributed by atoms with E-state index in [0.29, 0.717) is 0 Å². The molecule has 0 radical (unpaired) electrons. The van der Waals surface area contributed by atoms with Crippen LogP contribution in [0.25, 0.3) is 0 Å². The number of aromatic nitrogens is 1. The minimum Gasteiger partial charge on any atom is -0.368 e. The Balaban J connectivity index is 1.93. The van der Waals surface area contributed by atoms with Crippen molar-refractivity contribution in [3.8, 4) is 0 Å². The number of amides is 1. The predicted molar refractivity (Wildman–Crippen MR) is 77.1 cm³/mol. The van der Waals surface area contributed by atoms with Crippen LogP contribution in [-0.4, -0.2) is 42.0 Å². The largest absolute Gasteiger partial charge is 0.368 e. The SMILES string of the molecule is CC/C=C(\C)C(=O)N1CCN(c2ccncc2)CC1. The summed E-state index contributed by atoms with van der Waals surface area (Å²) < 4.78 is 0. The molecule has 0 unspecified atom stereocenters. The molecular formula is C15H21N3O. The van der Waals surface area contributed by atoms with Crippen LogP contribution in [0.1, 0.15) is 20.3 Å². The van der Waals surface area contributed by atoms with Crippen molar-refractivity contribution >= 4 is 11.6 Å². The number of anilines is 1. The highest BCUT2D eigenvalue weighted by molar-refractivity contribution is 5.92. The van der Waals surface area contributed by atoms with Gasteiger partial charge in [-0.2, -0.15) is 0 Å². The van der Waals surface area contributed by atoms with E-state index in [-0.39, 0.29) is 5.91 Å². The molecule has 2 rings (SSSR count). The molecule has 0 saturated carbocycles. The molecule has 0 atom stereocenters. The zero-order valence-electron chi connectivity index (χ0n) is 11.7. The first-order chi connectivity index (χ1) is 9.22. The molecular weight excluding hydrogens is 238 g/mol. The lowest BCUT2D eigenvalue weighted by Gasteiger charge is -2.36. The van der Waals surface area contributed by atoms with Gasteiger partial charge in [-0.1, -0.05) is 13.0 Å². The van der Waals surface area contributed by atoms with Crippen molar-refractivity contribution in [2.24, 2.45) is 0 Å². The Morgan fingerprint density at radius 2 is 1.89 bits per heavy atom. The molecule has 0 spiro atoms. The van der Waals surface area contributed by atoms with E-state index < -0.39 is 0 Å². The highest BCUT2D eigenvalue weighted by Gasteiger charge is 2.21. The zero-order chi connectivity index (χ0) is 13.7. The van der Waals surface area contributed by atoms with Gasteiger partial charge in [0.1, 0.15) is 0 Å². The lowest BCUT2D eigenvalue weighted by atomic mass is 10.2. The molecule has 1 saturated heterocycles. The third kappa shape index (κ3) is 3.34. The number of carbonyl (C=O) groups is 1. The Bertz CT molecular complexity index is 448. The summed E-state index contributed by atoms with van der Waals surface area (Å²) in [6.45, 7) is 7.30. The number of nitrogens with zero attached hydrogens (tertiary/aromatic N) is 3.